The molecule has 0 bridgehead atoms. The standard InChI is InChI=1S/C19H30F2N4O2.HI/c1-3-4-12-26-13-10-23-19(22-2)24-15-9-11-25(14-15)16-7-5-6-8-17(16)27-18(20)21;/h5-8,15,18H,3-4,9-14H2,1-2H3,(H2,22,23,24);1H. The Morgan fingerprint density at radius 2 is 2.11 bits per heavy atom. The van der Waals surface area contributed by atoms with Crippen LogP contribution in [0.5, 0.6) is 5.75 Å². The predicted molar refractivity (Wildman–Crippen MR) is 119 cm³/mol. The largest absolute Gasteiger partial charge is 0.433 e. The van der Waals surface area contributed by atoms with E-state index in [1.54, 1.807) is 25.2 Å². The topological polar surface area (TPSA) is 58.1 Å². The van der Waals surface area contributed by atoms with Crippen molar-refractivity contribution in [2.24, 2.45) is 4.99 Å². The summed E-state index contributed by atoms with van der Waals surface area (Å²) < 4.78 is 35.4. The predicted octanol–water partition coefficient (Wildman–Crippen LogP) is 3.47. The van der Waals surface area contributed by atoms with Crippen LogP contribution in [0.4, 0.5) is 14.5 Å². The number of hydrogen-bond donors (Lipinski definition) is 2. The highest BCUT2D eigenvalue weighted by Gasteiger charge is 2.25. The van der Waals surface area contributed by atoms with Gasteiger partial charge in [0.2, 0.25) is 0 Å². The zero-order chi connectivity index (χ0) is 19.5. The Balaban J connectivity index is 0.00000392. The number of nitrogens with zero attached hydrogens (tertiary/aromatic N) is 2. The molecule has 1 fully saturated rings. The van der Waals surface area contributed by atoms with Gasteiger partial charge in [0, 0.05) is 39.3 Å². The van der Waals surface area contributed by atoms with Gasteiger partial charge in [-0.1, -0.05) is 25.5 Å². The third kappa shape index (κ3) is 8.34. The lowest BCUT2D eigenvalue weighted by atomic mass is 10.2. The molecule has 2 N–H and O–H groups in total. The summed E-state index contributed by atoms with van der Waals surface area (Å²) in [6.45, 7) is 2.86. The second-order valence-corrected chi connectivity index (χ2v) is 6.39. The van der Waals surface area contributed by atoms with E-state index in [2.05, 4.69) is 32.2 Å². The first kappa shape index (κ1) is 24.7. The van der Waals surface area contributed by atoms with Gasteiger partial charge in [0.05, 0.1) is 12.3 Å². The number of anilines is 1. The van der Waals surface area contributed by atoms with Crippen molar-refractivity contribution in [2.75, 3.05) is 44.8 Å². The average Bonchev–Trinajstić information content (AvgIpc) is 3.12. The van der Waals surface area contributed by atoms with Crippen molar-refractivity contribution in [3.05, 3.63) is 24.3 Å². The van der Waals surface area contributed by atoms with Crippen molar-refractivity contribution >= 4 is 35.6 Å². The number of alkyl halides is 2. The van der Waals surface area contributed by atoms with Crippen LogP contribution in [0.2, 0.25) is 0 Å². The number of aliphatic imine (C=N–C) groups is 1. The fourth-order valence-electron chi connectivity index (χ4n) is 2.99. The molecule has 0 amide bonds. The zero-order valence-corrected chi connectivity index (χ0v) is 18.8. The molecular formula is C19H31F2IN4O2. The summed E-state index contributed by atoms with van der Waals surface area (Å²) in [6.07, 6.45) is 3.08. The van der Waals surface area contributed by atoms with Crippen molar-refractivity contribution in [1.29, 1.82) is 0 Å². The van der Waals surface area contributed by atoms with Crippen LogP contribution in [-0.2, 0) is 4.74 Å². The fraction of sp³-hybridized carbons (Fsp3) is 0.632. The van der Waals surface area contributed by atoms with E-state index in [-0.39, 0.29) is 35.8 Å². The van der Waals surface area contributed by atoms with Crippen molar-refractivity contribution in [1.82, 2.24) is 10.6 Å². The van der Waals surface area contributed by atoms with Crippen LogP contribution in [0, 0.1) is 0 Å². The second-order valence-electron chi connectivity index (χ2n) is 6.39. The molecule has 1 aromatic carbocycles. The summed E-state index contributed by atoms with van der Waals surface area (Å²) in [7, 11) is 1.73. The van der Waals surface area contributed by atoms with Gasteiger partial charge in [-0.05, 0) is 25.0 Å². The molecule has 28 heavy (non-hydrogen) atoms. The van der Waals surface area contributed by atoms with Crippen molar-refractivity contribution in [3.63, 3.8) is 0 Å². The summed E-state index contributed by atoms with van der Waals surface area (Å²) in [5.41, 5.74) is 0.689. The summed E-state index contributed by atoms with van der Waals surface area (Å²) >= 11 is 0. The number of para-hydroxylation sites is 2. The van der Waals surface area contributed by atoms with Crippen LogP contribution >= 0.6 is 24.0 Å². The van der Waals surface area contributed by atoms with Gasteiger partial charge in [-0.3, -0.25) is 4.99 Å². The van der Waals surface area contributed by atoms with E-state index < -0.39 is 6.61 Å². The Morgan fingerprint density at radius 3 is 2.82 bits per heavy atom. The highest BCUT2D eigenvalue weighted by Crippen LogP contribution is 2.31. The second kappa shape index (κ2) is 13.8. The lowest BCUT2D eigenvalue weighted by Crippen LogP contribution is -2.45. The van der Waals surface area contributed by atoms with Crippen LogP contribution in [0.3, 0.4) is 0 Å². The number of ether oxygens (including phenoxy) is 2. The summed E-state index contributed by atoms with van der Waals surface area (Å²) in [6, 6.07) is 7.08. The van der Waals surface area contributed by atoms with Gasteiger partial charge in [-0.2, -0.15) is 8.78 Å². The third-order valence-corrected chi connectivity index (χ3v) is 4.36. The molecule has 2 rings (SSSR count). The molecule has 1 aromatic rings. The minimum Gasteiger partial charge on any atom is -0.433 e. The van der Waals surface area contributed by atoms with Crippen LogP contribution in [0.25, 0.3) is 0 Å². The van der Waals surface area contributed by atoms with Gasteiger partial charge in [0.1, 0.15) is 5.75 Å². The van der Waals surface area contributed by atoms with Crippen LogP contribution in [0.1, 0.15) is 26.2 Å². The Hall–Kier alpha value is -1.36. The smallest absolute Gasteiger partial charge is 0.387 e. The van der Waals surface area contributed by atoms with E-state index in [1.165, 1.54) is 0 Å². The number of guanidine groups is 1. The van der Waals surface area contributed by atoms with E-state index >= 15 is 0 Å². The number of halogens is 3. The van der Waals surface area contributed by atoms with Gasteiger partial charge in [0.15, 0.2) is 5.96 Å². The van der Waals surface area contributed by atoms with Crippen molar-refractivity contribution < 1.29 is 18.3 Å². The van der Waals surface area contributed by atoms with Crippen molar-refractivity contribution in [2.45, 2.75) is 38.8 Å². The van der Waals surface area contributed by atoms with E-state index in [9.17, 15) is 8.78 Å². The third-order valence-electron chi connectivity index (χ3n) is 4.36. The molecular weight excluding hydrogens is 481 g/mol. The molecule has 0 saturated carbocycles. The molecule has 0 radical (unpaired) electrons. The van der Waals surface area contributed by atoms with Gasteiger partial charge >= 0.3 is 6.61 Å². The van der Waals surface area contributed by atoms with Gasteiger partial charge in [-0.25, -0.2) is 0 Å². The Kier molecular flexibility index (Phi) is 12.1. The van der Waals surface area contributed by atoms with Crippen LogP contribution in [-0.4, -0.2) is 58.5 Å². The van der Waals surface area contributed by atoms with E-state index in [0.717, 1.165) is 38.4 Å². The number of unbranched alkanes of at least 4 members (excludes halogenated alkanes) is 1. The highest BCUT2D eigenvalue weighted by molar-refractivity contribution is 14.0. The molecule has 1 atom stereocenters. The average molecular weight is 512 g/mol. The van der Waals surface area contributed by atoms with E-state index in [1.807, 2.05) is 6.07 Å². The number of benzene rings is 1. The Morgan fingerprint density at radius 1 is 1.32 bits per heavy atom. The van der Waals surface area contributed by atoms with Gasteiger partial charge in [-0.15, -0.1) is 24.0 Å². The lowest BCUT2D eigenvalue weighted by molar-refractivity contribution is -0.0495. The maximum Gasteiger partial charge on any atom is 0.387 e. The van der Waals surface area contributed by atoms with Crippen LogP contribution in [0.15, 0.2) is 29.3 Å². The fourth-order valence-corrected chi connectivity index (χ4v) is 2.99. The summed E-state index contributed by atoms with van der Waals surface area (Å²) in [4.78, 5) is 6.29. The molecule has 1 aliphatic heterocycles. The summed E-state index contributed by atoms with van der Waals surface area (Å²) in [5, 5.41) is 6.62. The zero-order valence-electron chi connectivity index (χ0n) is 16.5. The highest BCUT2D eigenvalue weighted by atomic mass is 127. The van der Waals surface area contributed by atoms with Crippen molar-refractivity contribution in [3.8, 4) is 5.75 Å². The molecule has 0 spiro atoms. The van der Waals surface area contributed by atoms with Gasteiger partial charge in [0.25, 0.3) is 0 Å². The first-order chi connectivity index (χ1) is 13.1. The van der Waals surface area contributed by atoms with E-state index in [4.69, 9.17) is 4.74 Å². The lowest BCUT2D eigenvalue weighted by Gasteiger charge is -2.22. The quantitative estimate of drug-likeness (QED) is 0.218. The first-order valence-corrected chi connectivity index (χ1v) is 9.47. The minimum absolute atomic E-state index is 0. The molecule has 0 aromatic heterocycles. The first-order valence-electron chi connectivity index (χ1n) is 9.47. The molecule has 1 heterocycles. The molecule has 0 aliphatic carbocycles. The van der Waals surface area contributed by atoms with Crippen LogP contribution < -0.4 is 20.3 Å². The van der Waals surface area contributed by atoms with E-state index in [0.29, 0.717) is 25.4 Å². The molecule has 9 heteroatoms. The summed E-state index contributed by atoms with van der Waals surface area (Å²) in [5.74, 6) is 0.929. The molecule has 1 unspecified atom stereocenters. The maximum atomic E-state index is 12.6. The monoisotopic (exact) mass is 512 g/mol. The molecule has 1 aliphatic rings. The normalized spacial score (nSPS) is 16.8. The number of hydrogen-bond acceptors (Lipinski definition) is 4. The molecule has 1 saturated heterocycles. The Labute approximate surface area is 183 Å². The number of rotatable bonds is 10. The Bertz CT molecular complexity index is 593. The minimum atomic E-state index is -2.83. The molecule has 160 valence electrons. The number of nitrogens with one attached hydrogen (secondary N) is 2. The maximum absolute atomic E-state index is 12.6. The SMILES string of the molecule is CCCCOCCNC(=NC)NC1CCN(c2ccccc2OC(F)F)C1.I. The molecule has 6 nitrogen and oxygen atoms in total. The van der Waals surface area contributed by atoms with Gasteiger partial charge < -0.3 is 25.0 Å².